The van der Waals surface area contributed by atoms with Crippen molar-refractivity contribution in [2.24, 2.45) is 22.7 Å². The molecule has 0 bridgehead atoms. The molecule has 0 aromatic heterocycles. The van der Waals surface area contributed by atoms with Crippen molar-refractivity contribution in [2.75, 3.05) is 0 Å². The molecule has 2 aliphatic rings. The summed E-state index contributed by atoms with van der Waals surface area (Å²) in [6, 6.07) is 20.4. The van der Waals surface area contributed by atoms with Crippen molar-refractivity contribution in [1.82, 2.24) is 4.90 Å². The summed E-state index contributed by atoms with van der Waals surface area (Å²) in [5.74, 6) is 0.998. The zero-order valence-corrected chi connectivity index (χ0v) is 23.2. The van der Waals surface area contributed by atoms with Gasteiger partial charge in [0.05, 0.1) is 6.10 Å². The van der Waals surface area contributed by atoms with E-state index in [2.05, 4.69) is 58.5 Å². The number of hydrogen-bond donors (Lipinski definition) is 1. The lowest BCUT2D eigenvalue weighted by Crippen LogP contribution is -2.54. The zero-order valence-electron chi connectivity index (χ0n) is 23.2. The monoisotopic (exact) mass is 499 g/mol. The number of carbonyl (C=O) groups excluding carboxylic acids is 1. The summed E-state index contributed by atoms with van der Waals surface area (Å²) in [5.41, 5.74) is 4.86. The molecule has 2 fully saturated rings. The third-order valence-corrected chi connectivity index (χ3v) is 9.49. The Bertz CT molecular complexity index is 1060. The lowest BCUT2D eigenvalue weighted by molar-refractivity contribution is -0.127. The number of hydrogen-bond acceptors (Lipinski definition) is 2. The third-order valence-electron chi connectivity index (χ3n) is 9.49. The van der Waals surface area contributed by atoms with Crippen LogP contribution in [-0.2, 0) is 17.9 Å². The van der Waals surface area contributed by atoms with Crippen LogP contribution >= 0.6 is 0 Å². The highest BCUT2D eigenvalue weighted by molar-refractivity contribution is 5.88. The van der Waals surface area contributed by atoms with Gasteiger partial charge in [0.1, 0.15) is 0 Å². The van der Waals surface area contributed by atoms with Crippen LogP contribution in [0.1, 0.15) is 77.3 Å². The Morgan fingerprint density at radius 3 is 2.14 bits per heavy atom. The minimum Gasteiger partial charge on any atom is -0.393 e. The Labute approximate surface area is 224 Å². The molecule has 1 N–H and O–H groups in total. The van der Waals surface area contributed by atoms with Gasteiger partial charge in [-0.15, -0.1) is 0 Å². The van der Waals surface area contributed by atoms with Gasteiger partial charge in [0.25, 0.3) is 0 Å². The van der Waals surface area contributed by atoms with Crippen LogP contribution in [0, 0.1) is 22.7 Å². The minimum absolute atomic E-state index is 0.0673. The second-order valence-electron chi connectivity index (χ2n) is 12.4. The molecule has 2 aromatic rings. The van der Waals surface area contributed by atoms with Crippen molar-refractivity contribution in [3.63, 3.8) is 0 Å². The molecule has 4 rings (SSSR count). The number of allylic oxidation sites excluding steroid dienone is 2. The van der Waals surface area contributed by atoms with Crippen LogP contribution in [0.3, 0.4) is 0 Å². The van der Waals surface area contributed by atoms with Gasteiger partial charge < -0.3 is 10.0 Å². The molecule has 0 radical (unpaired) electrons. The van der Waals surface area contributed by atoms with Crippen molar-refractivity contribution in [3.05, 3.63) is 95.6 Å². The van der Waals surface area contributed by atoms with Gasteiger partial charge in [0.2, 0.25) is 5.91 Å². The Balaban J connectivity index is 1.47. The largest absolute Gasteiger partial charge is 0.393 e. The van der Waals surface area contributed by atoms with Gasteiger partial charge in [0.15, 0.2) is 0 Å². The molecular weight excluding hydrogens is 454 g/mol. The van der Waals surface area contributed by atoms with Gasteiger partial charge in [-0.05, 0) is 79.2 Å². The number of fused-ring (bicyclic) bond motifs is 1. The summed E-state index contributed by atoms with van der Waals surface area (Å²) < 4.78 is 0. The standard InChI is InChI=1S/C34H45NO2/c1-25(16-18-29-26(2)17-19-30-33(3,4)31(36)20-21-34(29,30)5)22-32(37)35(23-27-12-8-6-9-13-27)24-28-14-10-7-11-15-28/h6-15,22,29-31,36H,2,16-21,23-24H2,1,3-5H3/b25-22+/t29-,30-,31-,34+/m1/s1. The topological polar surface area (TPSA) is 40.5 Å². The molecule has 37 heavy (non-hydrogen) atoms. The molecular formula is C34H45NO2. The van der Waals surface area contributed by atoms with E-state index in [9.17, 15) is 9.90 Å². The predicted octanol–water partition coefficient (Wildman–Crippen LogP) is 7.71. The molecule has 1 amide bonds. The number of aliphatic hydroxyl groups excluding tert-OH is 1. The Kier molecular flexibility index (Phi) is 8.43. The van der Waals surface area contributed by atoms with Crippen LogP contribution in [0.4, 0.5) is 0 Å². The predicted molar refractivity (Wildman–Crippen MR) is 153 cm³/mol. The molecule has 3 nitrogen and oxygen atoms in total. The fourth-order valence-electron chi connectivity index (χ4n) is 7.26. The lowest BCUT2D eigenvalue weighted by atomic mass is 9.46. The van der Waals surface area contributed by atoms with Crippen molar-refractivity contribution < 1.29 is 9.90 Å². The first-order valence-corrected chi connectivity index (χ1v) is 14.0. The van der Waals surface area contributed by atoms with Crippen molar-refractivity contribution >= 4 is 5.91 Å². The number of benzene rings is 2. The van der Waals surface area contributed by atoms with Crippen LogP contribution in [0.2, 0.25) is 0 Å². The van der Waals surface area contributed by atoms with E-state index in [-0.39, 0.29) is 22.8 Å². The molecule has 0 saturated heterocycles. The molecule has 0 aliphatic heterocycles. The van der Waals surface area contributed by atoms with E-state index in [1.54, 1.807) is 0 Å². The average molecular weight is 500 g/mol. The van der Waals surface area contributed by atoms with Gasteiger partial charge in [-0.2, -0.15) is 0 Å². The summed E-state index contributed by atoms with van der Waals surface area (Å²) in [4.78, 5) is 15.4. The highest BCUT2D eigenvalue weighted by Crippen LogP contribution is 2.61. The first kappa shape index (κ1) is 27.4. The van der Waals surface area contributed by atoms with Gasteiger partial charge in [-0.3, -0.25) is 4.79 Å². The number of aliphatic hydroxyl groups is 1. The molecule has 0 heterocycles. The number of carbonyl (C=O) groups is 1. The van der Waals surface area contributed by atoms with E-state index in [0.717, 1.165) is 55.2 Å². The van der Waals surface area contributed by atoms with Crippen molar-refractivity contribution in [1.29, 1.82) is 0 Å². The second-order valence-corrected chi connectivity index (χ2v) is 12.4. The van der Waals surface area contributed by atoms with Crippen molar-refractivity contribution in [2.45, 2.75) is 85.4 Å². The molecule has 2 aliphatic carbocycles. The van der Waals surface area contributed by atoms with E-state index in [1.165, 1.54) is 5.57 Å². The maximum Gasteiger partial charge on any atom is 0.247 e. The van der Waals surface area contributed by atoms with E-state index in [4.69, 9.17) is 0 Å². The van der Waals surface area contributed by atoms with Crippen LogP contribution < -0.4 is 0 Å². The lowest BCUT2D eigenvalue weighted by Gasteiger charge is -2.59. The maximum atomic E-state index is 13.5. The third kappa shape index (κ3) is 6.09. The van der Waals surface area contributed by atoms with E-state index >= 15 is 0 Å². The molecule has 198 valence electrons. The summed E-state index contributed by atoms with van der Waals surface area (Å²) >= 11 is 0. The van der Waals surface area contributed by atoms with Gasteiger partial charge in [-0.1, -0.05) is 99.2 Å². The highest BCUT2D eigenvalue weighted by Gasteiger charge is 2.55. The van der Waals surface area contributed by atoms with Gasteiger partial charge in [0, 0.05) is 19.2 Å². The molecule has 4 atom stereocenters. The molecule has 2 saturated carbocycles. The summed E-state index contributed by atoms with van der Waals surface area (Å²) in [6.07, 6.45) is 7.63. The quantitative estimate of drug-likeness (QED) is 0.298. The normalized spacial score (nSPS) is 27.4. The summed E-state index contributed by atoms with van der Waals surface area (Å²) in [5, 5.41) is 10.7. The van der Waals surface area contributed by atoms with Gasteiger partial charge in [-0.25, -0.2) is 0 Å². The van der Waals surface area contributed by atoms with Crippen molar-refractivity contribution in [3.8, 4) is 0 Å². The highest BCUT2D eigenvalue weighted by atomic mass is 16.3. The Hall–Kier alpha value is -2.65. The van der Waals surface area contributed by atoms with Crippen LogP contribution in [0.25, 0.3) is 0 Å². The first-order chi connectivity index (χ1) is 17.6. The van der Waals surface area contributed by atoms with Crippen LogP contribution in [0.5, 0.6) is 0 Å². The summed E-state index contributed by atoms with van der Waals surface area (Å²) in [6.45, 7) is 14.7. The van der Waals surface area contributed by atoms with E-state index < -0.39 is 0 Å². The maximum absolute atomic E-state index is 13.5. The van der Waals surface area contributed by atoms with E-state index in [0.29, 0.717) is 24.9 Å². The second kappa shape index (κ2) is 11.4. The van der Waals surface area contributed by atoms with Gasteiger partial charge >= 0.3 is 0 Å². The SMILES string of the molecule is C=C1CC[C@@H]2C(C)(C)[C@H](O)CC[C@@]2(C)[C@@H]1CC/C(C)=C/C(=O)N(Cc1ccccc1)Cc1ccccc1. The molecule has 0 spiro atoms. The zero-order chi connectivity index (χ0) is 26.6. The number of nitrogens with zero attached hydrogens (tertiary/aromatic N) is 1. The number of amides is 1. The number of rotatable bonds is 8. The minimum atomic E-state index is -0.225. The smallest absolute Gasteiger partial charge is 0.247 e. The average Bonchev–Trinajstić information content (AvgIpc) is 2.87. The first-order valence-electron chi connectivity index (χ1n) is 14.0. The van der Waals surface area contributed by atoms with Crippen LogP contribution in [0.15, 0.2) is 84.5 Å². The Morgan fingerprint density at radius 2 is 1.57 bits per heavy atom. The molecule has 0 unspecified atom stereocenters. The summed E-state index contributed by atoms with van der Waals surface area (Å²) in [7, 11) is 0. The molecule has 2 aromatic carbocycles. The fraction of sp³-hybridized carbons (Fsp3) is 0.500. The van der Waals surface area contributed by atoms with Crippen LogP contribution in [-0.4, -0.2) is 22.0 Å². The van der Waals surface area contributed by atoms with E-state index in [1.807, 2.05) is 47.4 Å². The fourth-order valence-corrected chi connectivity index (χ4v) is 7.26. The Morgan fingerprint density at radius 1 is 1.00 bits per heavy atom. The molecule has 3 heteroatoms.